The molecule has 0 saturated carbocycles. The maximum absolute atomic E-state index is 13.6. The molecule has 0 aliphatic rings. The van der Waals surface area contributed by atoms with E-state index in [9.17, 15) is 17.2 Å². The first-order valence-corrected chi connectivity index (χ1v) is 9.39. The lowest BCUT2D eigenvalue weighted by Gasteiger charge is -2.09. The van der Waals surface area contributed by atoms with Gasteiger partial charge >= 0.3 is 0 Å². The van der Waals surface area contributed by atoms with E-state index in [0.717, 1.165) is 23.9 Å². The zero-order valence-electron chi connectivity index (χ0n) is 14.2. The lowest BCUT2D eigenvalue weighted by Crippen LogP contribution is -2.30. The molecule has 2 heterocycles. The quantitative estimate of drug-likeness (QED) is 0.591. The molecule has 3 rings (SSSR count). The number of sulfonamides is 1. The van der Waals surface area contributed by atoms with Crippen LogP contribution in [0.2, 0.25) is 0 Å². The summed E-state index contributed by atoms with van der Waals surface area (Å²) in [5, 5.41) is 15.1. The van der Waals surface area contributed by atoms with Gasteiger partial charge in [0.1, 0.15) is 17.5 Å². The fourth-order valence-electron chi connectivity index (χ4n) is 2.27. The van der Waals surface area contributed by atoms with Crippen LogP contribution in [0.15, 0.2) is 47.5 Å². The summed E-state index contributed by atoms with van der Waals surface area (Å²) < 4.78 is 55.0. The van der Waals surface area contributed by atoms with E-state index in [2.05, 4.69) is 25.3 Å². The van der Waals surface area contributed by atoms with Gasteiger partial charge in [-0.05, 0) is 37.3 Å². The van der Waals surface area contributed by atoms with Crippen LogP contribution in [0.4, 0.5) is 14.6 Å². The lowest BCUT2D eigenvalue weighted by atomic mass is 10.3. The fraction of sp³-hybridized carbons (Fsp3) is 0.188. The Morgan fingerprint density at radius 2 is 1.78 bits per heavy atom. The molecule has 0 spiro atoms. The minimum absolute atomic E-state index is 0.0993. The molecule has 0 saturated heterocycles. The highest BCUT2D eigenvalue weighted by atomic mass is 32.2. The number of anilines is 1. The average Bonchev–Trinajstić information content (AvgIpc) is 3.05. The zero-order chi connectivity index (χ0) is 19.4. The van der Waals surface area contributed by atoms with Crippen LogP contribution in [-0.2, 0) is 10.0 Å². The van der Waals surface area contributed by atoms with Gasteiger partial charge in [-0.15, -0.1) is 10.2 Å². The molecular formula is C16H16F2N6O2S. The molecule has 27 heavy (non-hydrogen) atoms. The zero-order valence-corrected chi connectivity index (χ0v) is 15.0. The molecule has 0 amide bonds. The van der Waals surface area contributed by atoms with Crippen molar-refractivity contribution in [1.82, 2.24) is 24.7 Å². The lowest BCUT2D eigenvalue weighted by molar-refractivity contribution is 0.514. The molecule has 3 aromatic rings. The van der Waals surface area contributed by atoms with E-state index in [1.54, 1.807) is 23.0 Å². The molecule has 1 aromatic carbocycles. The fourth-order valence-corrected chi connectivity index (χ4v) is 3.44. The van der Waals surface area contributed by atoms with Gasteiger partial charge < -0.3 is 5.32 Å². The predicted molar refractivity (Wildman–Crippen MR) is 93.9 cm³/mol. The van der Waals surface area contributed by atoms with Crippen LogP contribution in [-0.4, -0.2) is 41.5 Å². The summed E-state index contributed by atoms with van der Waals surface area (Å²) in [6, 6.07) is 8.05. The number of aromatic nitrogens is 4. The maximum atomic E-state index is 13.6. The van der Waals surface area contributed by atoms with Gasteiger partial charge in [0.2, 0.25) is 10.0 Å². The molecule has 11 heteroatoms. The first-order valence-electron chi connectivity index (χ1n) is 7.91. The molecule has 8 nitrogen and oxygen atoms in total. The molecule has 0 atom stereocenters. The summed E-state index contributed by atoms with van der Waals surface area (Å²) in [5.41, 5.74) is 0.845. The Kier molecular flexibility index (Phi) is 5.42. The van der Waals surface area contributed by atoms with Crippen molar-refractivity contribution in [2.45, 2.75) is 11.8 Å². The van der Waals surface area contributed by atoms with Crippen molar-refractivity contribution >= 4 is 15.8 Å². The number of benzene rings is 1. The summed E-state index contributed by atoms with van der Waals surface area (Å²) >= 11 is 0. The number of aryl methyl sites for hydroxylation is 1. The maximum Gasteiger partial charge on any atom is 0.246 e. The van der Waals surface area contributed by atoms with Gasteiger partial charge in [-0.3, -0.25) is 0 Å². The Morgan fingerprint density at radius 3 is 2.37 bits per heavy atom. The monoisotopic (exact) mass is 394 g/mol. The molecule has 2 N–H and O–H groups in total. The third kappa shape index (κ3) is 4.44. The Morgan fingerprint density at radius 1 is 1.04 bits per heavy atom. The summed E-state index contributed by atoms with van der Waals surface area (Å²) in [7, 11) is -4.30. The van der Waals surface area contributed by atoms with Gasteiger partial charge in [0.05, 0.1) is 5.69 Å². The number of nitrogens with one attached hydrogen (secondary N) is 2. The number of nitrogens with zero attached hydrogens (tertiary/aromatic N) is 4. The van der Waals surface area contributed by atoms with E-state index in [0.29, 0.717) is 11.6 Å². The normalized spacial score (nSPS) is 11.5. The molecule has 0 unspecified atom stereocenters. The van der Waals surface area contributed by atoms with Crippen molar-refractivity contribution in [2.24, 2.45) is 0 Å². The summed E-state index contributed by atoms with van der Waals surface area (Å²) in [6.07, 6.45) is 1.75. The van der Waals surface area contributed by atoms with Crippen LogP contribution in [0.25, 0.3) is 5.82 Å². The first-order chi connectivity index (χ1) is 12.9. The van der Waals surface area contributed by atoms with Crippen molar-refractivity contribution in [3.05, 3.63) is 59.9 Å². The van der Waals surface area contributed by atoms with Crippen molar-refractivity contribution in [1.29, 1.82) is 0 Å². The molecule has 0 aliphatic carbocycles. The Labute approximate surface area is 154 Å². The van der Waals surface area contributed by atoms with Crippen molar-refractivity contribution in [3.63, 3.8) is 0 Å². The second-order valence-corrected chi connectivity index (χ2v) is 7.26. The summed E-state index contributed by atoms with van der Waals surface area (Å²) in [5.74, 6) is -1.35. The van der Waals surface area contributed by atoms with E-state index in [4.69, 9.17) is 0 Å². The molecular weight excluding hydrogens is 378 g/mol. The van der Waals surface area contributed by atoms with E-state index < -0.39 is 26.6 Å². The Hall–Kier alpha value is -2.92. The number of hydrogen-bond donors (Lipinski definition) is 2. The van der Waals surface area contributed by atoms with E-state index >= 15 is 0 Å². The largest absolute Gasteiger partial charge is 0.367 e. The van der Waals surface area contributed by atoms with Gasteiger partial charge in [0.25, 0.3) is 0 Å². The topological polar surface area (TPSA) is 102 Å². The highest BCUT2D eigenvalue weighted by molar-refractivity contribution is 7.89. The van der Waals surface area contributed by atoms with Gasteiger partial charge in [0.15, 0.2) is 10.7 Å². The molecule has 142 valence electrons. The van der Waals surface area contributed by atoms with E-state index in [1.807, 2.05) is 13.0 Å². The van der Waals surface area contributed by atoms with Gasteiger partial charge in [-0.1, -0.05) is 6.07 Å². The second kappa shape index (κ2) is 7.76. The van der Waals surface area contributed by atoms with Crippen LogP contribution in [0.1, 0.15) is 5.69 Å². The second-order valence-electron chi connectivity index (χ2n) is 5.55. The molecule has 0 bridgehead atoms. The van der Waals surface area contributed by atoms with Crippen molar-refractivity contribution in [3.8, 4) is 5.82 Å². The average molecular weight is 394 g/mol. The Bertz CT molecular complexity index is 1020. The summed E-state index contributed by atoms with van der Waals surface area (Å²) in [6.45, 7) is 1.90. The molecule has 0 radical (unpaired) electrons. The number of rotatable bonds is 7. The van der Waals surface area contributed by atoms with E-state index in [-0.39, 0.29) is 13.1 Å². The first kappa shape index (κ1) is 18.9. The van der Waals surface area contributed by atoms with E-state index in [1.165, 1.54) is 0 Å². The third-order valence-corrected chi connectivity index (χ3v) is 5.03. The van der Waals surface area contributed by atoms with Gasteiger partial charge in [-0.2, -0.15) is 5.10 Å². The Balaban J connectivity index is 1.55. The smallest absolute Gasteiger partial charge is 0.246 e. The predicted octanol–water partition coefficient (Wildman–Crippen LogP) is 1.64. The van der Waals surface area contributed by atoms with Crippen LogP contribution >= 0.6 is 0 Å². The number of hydrogen-bond acceptors (Lipinski definition) is 6. The van der Waals surface area contributed by atoms with Gasteiger partial charge in [-0.25, -0.2) is 26.6 Å². The van der Waals surface area contributed by atoms with Crippen LogP contribution in [0.5, 0.6) is 0 Å². The minimum Gasteiger partial charge on any atom is -0.367 e. The van der Waals surface area contributed by atoms with Crippen LogP contribution in [0.3, 0.4) is 0 Å². The van der Waals surface area contributed by atoms with Gasteiger partial charge in [0, 0.05) is 19.3 Å². The third-order valence-electron chi connectivity index (χ3n) is 3.52. The highest BCUT2D eigenvalue weighted by Crippen LogP contribution is 2.17. The van der Waals surface area contributed by atoms with Crippen LogP contribution < -0.4 is 10.0 Å². The minimum atomic E-state index is -4.30. The molecule has 2 aromatic heterocycles. The highest BCUT2D eigenvalue weighted by Gasteiger charge is 2.23. The number of halogens is 2. The van der Waals surface area contributed by atoms with Crippen molar-refractivity contribution in [2.75, 3.05) is 18.4 Å². The standard InChI is InChI=1S/C16H16F2N6O2S/c1-11-7-10-24(23-11)15-6-5-14(21-22-15)19-8-9-20-27(25,26)16-12(17)3-2-4-13(16)18/h2-7,10,20H,8-9H2,1H3,(H,19,21). The molecule has 0 fully saturated rings. The van der Waals surface area contributed by atoms with Crippen molar-refractivity contribution < 1.29 is 17.2 Å². The summed E-state index contributed by atoms with van der Waals surface area (Å²) in [4.78, 5) is -0.997. The SMILES string of the molecule is Cc1ccn(-c2ccc(NCCNS(=O)(=O)c3c(F)cccc3F)nn2)n1. The van der Waals surface area contributed by atoms with Crippen LogP contribution in [0, 0.1) is 18.6 Å². The molecule has 0 aliphatic heterocycles.